The van der Waals surface area contributed by atoms with E-state index in [0.717, 1.165) is 18.4 Å². The molecule has 0 radical (unpaired) electrons. The molecule has 0 saturated heterocycles. The van der Waals surface area contributed by atoms with Crippen LogP contribution in [0.2, 0.25) is 0 Å². The molecule has 0 saturated carbocycles. The van der Waals surface area contributed by atoms with Gasteiger partial charge in [0, 0.05) is 6.04 Å². The van der Waals surface area contributed by atoms with Crippen molar-refractivity contribution < 1.29 is 14.3 Å². The van der Waals surface area contributed by atoms with Crippen LogP contribution in [0.4, 0.5) is 4.79 Å². The molecular formula is C14H19N3O3. The molecule has 0 spiro atoms. The SMILES string of the molecule is CNC1CCc2c(OC(C)C(=O)NC(N)=O)cccc21. The van der Waals surface area contributed by atoms with Gasteiger partial charge in [0.15, 0.2) is 6.10 Å². The van der Waals surface area contributed by atoms with Crippen LogP contribution in [0.5, 0.6) is 5.75 Å². The molecule has 6 heteroatoms. The largest absolute Gasteiger partial charge is 0.481 e. The van der Waals surface area contributed by atoms with E-state index in [1.165, 1.54) is 5.56 Å². The lowest BCUT2D eigenvalue weighted by Gasteiger charge is -2.17. The second-order valence-electron chi connectivity index (χ2n) is 4.82. The highest BCUT2D eigenvalue weighted by Gasteiger charge is 2.25. The van der Waals surface area contributed by atoms with Gasteiger partial charge in [-0.15, -0.1) is 0 Å². The average molecular weight is 277 g/mol. The number of carbonyl (C=O) groups is 2. The van der Waals surface area contributed by atoms with Crippen LogP contribution in [-0.2, 0) is 11.2 Å². The van der Waals surface area contributed by atoms with E-state index in [1.807, 2.05) is 24.5 Å². The van der Waals surface area contributed by atoms with Gasteiger partial charge >= 0.3 is 6.03 Å². The third kappa shape index (κ3) is 2.91. The van der Waals surface area contributed by atoms with E-state index in [9.17, 15) is 9.59 Å². The Kier molecular flexibility index (Phi) is 4.24. The number of hydrogen-bond acceptors (Lipinski definition) is 4. The van der Waals surface area contributed by atoms with Gasteiger partial charge < -0.3 is 15.8 Å². The van der Waals surface area contributed by atoms with Crippen molar-refractivity contribution in [3.8, 4) is 5.75 Å². The van der Waals surface area contributed by atoms with Crippen LogP contribution in [0, 0.1) is 0 Å². The van der Waals surface area contributed by atoms with Crippen LogP contribution in [0.15, 0.2) is 18.2 Å². The zero-order chi connectivity index (χ0) is 14.7. The van der Waals surface area contributed by atoms with Crippen LogP contribution in [0.25, 0.3) is 0 Å². The van der Waals surface area contributed by atoms with Crippen molar-refractivity contribution in [1.82, 2.24) is 10.6 Å². The zero-order valence-electron chi connectivity index (χ0n) is 11.6. The fourth-order valence-corrected chi connectivity index (χ4v) is 2.50. The standard InChI is InChI=1S/C14H19N3O3/c1-8(13(18)17-14(15)19)20-12-5-3-4-9-10(12)6-7-11(9)16-2/h3-5,8,11,16H,6-7H2,1-2H3,(H3,15,17,18,19). The zero-order valence-corrected chi connectivity index (χ0v) is 11.6. The van der Waals surface area contributed by atoms with Gasteiger partial charge in [-0.1, -0.05) is 12.1 Å². The highest BCUT2D eigenvalue weighted by molar-refractivity contribution is 5.95. The number of urea groups is 1. The maximum Gasteiger partial charge on any atom is 0.318 e. The predicted octanol–water partition coefficient (Wildman–Crippen LogP) is 0.856. The van der Waals surface area contributed by atoms with E-state index in [0.29, 0.717) is 11.8 Å². The highest BCUT2D eigenvalue weighted by Crippen LogP contribution is 2.36. The Morgan fingerprint density at radius 1 is 1.45 bits per heavy atom. The molecule has 0 bridgehead atoms. The van der Waals surface area contributed by atoms with Crippen LogP contribution in [-0.4, -0.2) is 25.1 Å². The van der Waals surface area contributed by atoms with Crippen molar-refractivity contribution >= 4 is 11.9 Å². The molecular weight excluding hydrogens is 258 g/mol. The second-order valence-corrected chi connectivity index (χ2v) is 4.82. The fourth-order valence-electron chi connectivity index (χ4n) is 2.50. The topological polar surface area (TPSA) is 93.4 Å². The van der Waals surface area contributed by atoms with Crippen molar-refractivity contribution in [3.05, 3.63) is 29.3 Å². The number of hydrogen-bond donors (Lipinski definition) is 3. The first kappa shape index (κ1) is 14.3. The summed E-state index contributed by atoms with van der Waals surface area (Å²) in [5.74, 6) is 0.144. The summed E-state index contributed by atoms with van der Waals surface area (Å²) in [6, 6.07) is 5.25. The lowest BCUT2D eigenvalue weighted by molar-refractivity contribution is -0.126. The quantitative estimate of drug-likeness (QED) is 0.760. The van der Waals surface area contributed by atoms with E-state index in [2.05, 4.69) is 11.4 Å². The molecule has 6 nitrogen and oxygen atoms in total. The molecule has 2 atom stereocenters. The summed E-state index contributed by atoms with van der Waals surface area (Å²) >= 11 is 0. The van der Waals surface area contributed by atoms with Gasteiger partial charge in [-0.3, -0.25) is 10.1 Å². The first-order chi connectivity index (χ1) is 9.52. The van der Waals surface area contributed by atoms with Crippen molar-refractivity contribution in [3.63, 3.8) is 0 Å². The maximum absolute atomic E-state index is 11.6. The van der Waals surface area contributed by atoms with Crippen molar-refractivity contribution in [2.24, 2.45) is 5.73 Å². The first-order valence-electron chi connectivity index (χ1n) is 6.59. The molecule has 108 valence electrons. The van der Waals surface area contributed by atoms with E-state index in [-0.39, 0.29) is 0 Å². The Hall–Kier alpha value is -2.08. The molecule has 3 amide bonds. The third-order valence-electron chi connectivity index (χ3n) is 3.50. The van der Waals surface area contributed by atoms with Gasteiger partial charge in [0.2, 0.25) is 0 Å². The Morgan fingerprint density at radius 3 is 2.85 bits per heavy atom. The lowest BCUT2D eigenvalue weighted by Crippen LogP contribution is -2.42. The van der Waals surface area contributed by atoms with Gasteiger partial charge in [0.1, 0.15) is 5.75 Å². The number of fused-ring (bicyclic) bond motifs is 1. The number of primary amides is 1. The minimum absolute atomic E-state index is 0.323. The number of amides is 3. The lowest BCUT2D eigenvalue weighted by atomic mass is 10.1. The fraction of sp³-hybridized carbons (Fsp3) is 0.429. The van der Waals surface area contributed by atoms with Gasteiger partial charge in [-0.25, -0.2) is 4.79 Å². The van der Waals surface area contributed by atoms with E-state index in [1.54, 1.807) is 6.92 Å². The minimum Gasteiger partial charge on any atom is -0.481 e. The van der Waals surface area contributed by atoms with E-state index in [4.69, 9.17) is 10.5 Å². The van der Waals surface area contributed by atoms with Crippen LogP contribution >= 0.6 is 0 Å². The number of nitrogens with two attached hydrogens (primary N) is 1. The summed E-state index contributed by atoms with van der Waals surface area (Å²) in [5.41, 5.74) is 7.23. The number of rotatable bonds is 4. The van der Waals surface area contributed by atoms with Crippen LogP contribution in [0.1, 0.15) is 30.5 Å². The molecule has 4 N–H and O–H groups in total. The molecule has 2 unspecified atom stereocenters. The molecule has 0 heterocycles. The molecule has 1 aliphatic carbocycles. The highest BCUT2D eigenvalue weighted by atomic mass is 16.5. The molecule has 1 aromatic carbocycles. The summed E-state index contributed by atoms with van der Waals surface area (Å²) in [6.45, 7) is 1.59. The third-order valence-corrected chi connectivity index (χ3v) is 3.50. The van der Waals surface area contributed by atoms with Gasteiger partial charge in [-0.2, -0.15) is 0 Å². The van der Waals surface area contributed by atoms with Gasteiger partial charge in [0.25, 0.3) is 5.91 Å². The smallest absolute Gasteiger partial charge is 0.318 e. The molecule has 0 aliphatic heterocycles. The summed E-state index contributed by atoms with van der Waals surface area (Å²) in [5, 5.41) is 5.27. The molecule has 0 aromatic heterocycles. The van der Waals surface area contributed by atoms with E-state index >= 15 is 0 Å². The average Bonchev–Trinajstić information content (AvgIpc) is 2.82. The predicted molar refractivity (Wildman–Crippen MR) is 74.4 cm³/mol. The maximum atomic E-state index is 11.6. The summed E-state index contributed by atoms with van der Waals surface area (Å²) in [6.07, 6.45) is 1.14. The Morgan fingerprint density at radius 2 is 2.20 bits per heavy atom. The van der Waals surface area contributed by atoms with Gasteiger partial charge in [-0.05, 0) is 44.0 Å². The Labute approximate surface area is 117 Å². The second kappa shape index (κ2) is 5.92. The number of imide groups is 1. The normalized spacial score (nSPS) is 18.2. The monoisotopic (exact) mass is 277 g/mol. The molecule has 1 aliphatic rings. The molecule has 1 aromatic rings. The number of carbonyl (C=O) groups excluding carboxylic acids is 2. The number of nitrogens with one attached hydrogen (secondary N) is 2. The van der Waals surface area contributed by atoms with Crippen LogP contribution in [0.3, 0.4) is 0 Å². The Balaban J connectivity index is 2.13. The van der Waals surface area contributed by atoms with Crippen molar-refractivity contribution in [1.29, 1.82) is 0 Å². The number of ether oxygens (including phenoxy) is 1. The summed E-state index contributed by atoms with van der Waals surface area (Å²) in [7, 11) is 1.93. The summed E-state index contributed by atoms with van der Waals surface area (Å²) < 4.78 is 5.67. The number of benzene rings is 1. The molecule has 2 rings (SSSR count). The summed E-state index contributed by atoms with van der Waals surface area (Å²) in [4.78, 5) is 22.3. The Bertz CT molecular complexity index is 530. The molecule has 0 fully saturated rings. The van der Waals surface area contributed by atoms with Crippen LogP contribution < -0.4 is 21.1 Å². The van der Waals surface area contributed by atoms with E-state index < -0.39 is 18.0 Å². The minimum atomic E-state index is -0.876. The molecule has 20 heavy (non-hydrogen) atoms. The van der Waals surface area contributed by atoms with Gasteiger partial charge in [0.05, 0.1) is 0 Å². The van der Waals surface area contributed by atoms with Crippen molar-refractivity contribution in [2.45, 2.75) is 31.9 Å². The van der Waals surface area contributed by atoms with Crippen molar-refractivity contribution in [2.75, 3.05) is 7.05 Å². The first-order valence-corrected chi connectivity index (χ1v) is 6.59.